The first kappa shape index (κ1) is 27.1. The quantitative estimate of drug-likeness (QED) is 0.205. The summed E-state index contributed by atoms with van der Waals surface area (Å²) in [6.07, 6.45) is 4.98. The average Bonchev–Trinajstić information content (AvgIpc) is 3.29. The van der Waals surface area contributed by atoms with Crippen LogP contribution in [0.5, 0.6) is 5.75 Å². The summed E-state index contributed by atoms with van der Waals surface area (Å²) in [6, 6.07) is 8.69. The minimum absolute atomic E-state index is 0. The zero-order chi connectivity index (χ0) is 21.9. The molecule has 0 saturated carbocycles. The number of halogens is 1. The topological polar surface area (TPSA) is 58.6 Å². The predicted octanol–water partition coefficient (Wildman–Crippen LogP) is 3.40. The van der Waals surface area contributed by atoms with E-state index in [1.54, 1.807) is 14.2 Å². The number of hydrogen-bond donors (Lipinski definition) is 1. The zero-order valence-electron chi connectivity index (χ0n) is 19.9. The number of guanidine groups is 1. The van der Waals surface area contributed by atoms with Gasteiger partial charge in [-0.15, -0.1) is 24.0 Å². The molecule has 2 saturated heterocycles. The Bertz CT molecular complexity index is 685. The highest BCUT2D eigenvalue weighted by Gasteiger charge is 2.28. The summed E-state index contributed by atoms with van der Waals surface area (Å²) in [5, 5.41) is 3.67. The number of rotatable bonds is 10. The number of piperidine rings is 1. The Morgan fingerprint density at radius 1 is 1.12 bits per heavy atom. The van der Waals surface area contributed by atoms with Crippen LogP contribution in [0.1, 0.15) is 37.3 Å². The van der Waals surface area contributed by atoms with E-state index in [0.29, 0.717) is 19.1 Å². The molecular formula is C24H41IN4O3. The van der Waals surface area contributed by atoms with Crippen molar-refractivity contribution in [1.82, 2.24) is 15.1 Å². The SMILES string of the molecule is CN=C(NCC(c1ccccc1OC)N1CCCCC1)N1CCC(COCCOC)C1.I. The van der Waals surface area contributed by atoms with Crippen molar-refractivity contribution in [3.63, 3.8) is 0 Å². The fourth-order valence-electron chi connectivity index (χ4n) is 4.68. The molecule has 2 aliphatic rings. The second-order valence-electron chi connectivity index (χ2n) is 8.45. The second-order valence-corrected chi connectivity index (χ2v) is 8.45. The molecule has 0 radical (unpaired) electrons. The van der Waals surface area contributed by atoms with Crippen molar-refractivity contribution in [1.29, 1.82) is 0 Å². The molecule has 0 amide bonds. The van der Waals surface area contributed by atoms with Gasteiger partial charge in [-0.3, -0.25) is 9.89 Å². The number of nitrogens with one attached hydrogen (secondary N) is 1. The summed E-state index contributed by atoms with van der Waals surface area (Å²) in [4.78, 5) is 9.54. The average molecular weight is 561 g/mol. The van der Waals surface area contributed by atoms with Gasteiger partial charge in [-0.1, -0.05) is 24.6 Å². The molecule has 32 heavy (non-hydrogen) atoms. The molecule has 2 aliphatic heterocycles. The molecule has 0 aliphatic carbocycles. The van der Waals surface area contributed by atoms with Crippen molar-refractivity contribution in [3.05, 3.63) is 29.8 Å². The first-order valence-electron chi connectivity index (χ1n) is 11.7. The molecule has 182 valence electrons. The molecule has 0 aromatic heterocycles. The molecule has 7 nitrogen and oxygen atoms in total. The maximum absolute atomic E-state index is 5.75. The van der Waals surface area contributed by atoms with E-state index in [9.17, 15) is 0 Å². The summed E-state index contributed by atoms with van der Waals surface area (Å²) in [5.41, 5.74) is 1.25. The standard InChI is InChI=1S/C24H40N4O3.HI/c1-25-24(28-14-11-20(18-28)19-31-16-15-29-2)26-17-22(27-12-7-4-8-13-27)21-9-5-6-10-23(21)30-3;/h5-6,9-10,20,22H,4,7-8,11-19H2,1-3H3,(H,25,26);1H. The van der Waals surface area contributed by atoms with Gasteiger partial charge in [-0.25, -0.2) is 0 Å². The molecule has 1 aromatic rings. The van der Waals surface area contributed by atoms with E-state index in [-0.39, 0.29) is 30.0 Å². The predicted molar refractivity (Wildman–Crippen MR) is 140 cm³/mol. The molecule has 3 rings (SSSR count). The number of para-hydroxylation sites is 1. The first-order chi connectivity index (χ1) is 15.3. The molecule has 2 fully saturated rings. The van der Waals surface area contributed by atoms with E-state index in [1.807, 2.05) is 13.1 Å². The lowest BCUT2D eigenvalue weighted by Gasteiger charge is -2.36. The van der Waals surface area contributed by atoms with Crippen molar-refractivity contribution in [3.8, 4) is 5.75 Å². The highest BCUT2D eigenvalue weighted by molar-refractivity contribution is 14.0. The molecule has 1 aromatic carbocycles. The highest BCUT2D eigenvalue weighted by Crippen LogP contribution is 2.31. The third-order valence-corrected chi connectivity index (χ3v) is 6.37. The van der Waals surface area contributed by atoms with Crippen LogP contribution in [-0.2, 0) is 9.47 Å². The van der Waals surface area contributed by atoms with Crippen LogP contribution >= 0.6 is 24.0 Å². The van der Waals surface area contributed by atoms with Crippen molar-refractivity contribution in [2.75, 3.05) is 73.8 Å². The molecule has 0 spiro atoms. The fraction of sp³-hybridized carbons (Fsp3) is 0.708. The highest BCUT2D eigenvalue weighted by atomic mass is 127. The Hall–Kier alpha value is -1.10. The van der Waals surface area contributed by atoms with Crippen LogP contribution in [0.15, 0.2) is 29.3 Å². The summed E-state index contributed by atoms with van der Waals surface area (Å²) in [7, 11) is 5.35. The maximum Gasteiger partial charge on any atom is 0.193 e. The lowest BCUT2D eigenvalue weighted by atomic mass is 10.0. The van der Waals surface area contributed by atoms with E-state index >= 15 is 0 Å². The van der Waals surface area contributed by atoms with Crippen molar-refractivity contribution < 1.29 is 14.2 Å². The number of methoxy groups -OCH3 is 2. The minimum atomic E-state index is 0. The number of likely N-dealkylation sites (tertiary alicyclic amines) is 2. The Morgan fingerprint density at radius 3 is 2.62 bits per heavy atom. The lowest BCUT2D eigenvalue weighted by molar-refractivity contribution is 0.0536. The van der Waals surface area contributed by atoms with E-state index in [4.69, 9.17) is 14.2 Å². The number of aliphatic imine (C=N–C) groups is 1. The number of nitrogens with zero attached hydrogens (tertiary/aromatic N) is 3. The van der Waals surface area contributed by atoms with Crippen LogP contribution in [-0.4, -0.2) is 89.6 Å². The molecule has 8 heteroatoms. The molecular weight excluding hydrogens is 519 g/mol. The maximum atomic E-state index is 5.75. The normalized spacial score (nSPS) is 20.7. The van der Waals surface area contributed by atoms with Crippen LogP contribution < -0.4 is 10.1 Å². The van der Waals surface area contributed by atoms with Gasteiger partial charge >= 0.3 is 0 Å². The van der Waals surface area contributed by atoms with Gasteiger partial charge < -0.3 is 24.4 Å². The zero-order valence-corrected chi connectivity index (χ0v) is 22.3. The third-order valence-electron chi connectivity index (χ3n) is 6.37. The summed E-state index contributed by atoms with van der Waals surface area (Å²) in [5.74, 6) is 2.49. The summed E-state index contributed by atoms with van der Waals surface area (Å²) in [6.45, 7) is 7.18. The Labute approximate surface area is 210 Å². The van der Waals surface area contributed by atoms with Crippen LogP contribution in [0.2, 0.25) is 0 Å². The Kier molecular flexibility index (Phi) is 12.7. The molecule has 2 heterocycles. The van der Waals surface area contributed by atoms with Crippen LogP contribution in [0.4, 0.5) is 0 Å². The second kappa shape index (κ2) is 14.9. The van der Waals surface area contributed by atoms with Crippen molar-refractivity contribution in [2.24, 2.45) is 10.9 Å². The Morgan fingerprint density at radius 2 is 1.91 bits per heavy atom. The van der Waals surface area contributed by atoms with Gasteiger partial charge in [0.15, 0.2) is 5.96 Å². The largest absolute Gasteiger partial charge is 0.496 e. The van der Waals surface area contributed by atoms with E-state index < -0.39 is 0 Å². The number of benzene rings is 1. The Balaban J connectivity index is 0.00000363. The van der Waals surface area contributed by atoms with Crippen LogP contribution in [0, 0.1) is 5.92 Å². The van der Waals surface area contributed by atoms with Gasteiger partial charge in [-0.05, 0) is 38.4 Å². The van der Waals surface area contributed by atoms with Gasteiger partial charge in [-0.2, -0.15) is 0 Å². The molecule has 0 bridgehead atoms. The lowest BCUT2D eigenvalue weighted by Crippen LogP contribution is -2.45. The molecule has 1 N–H and O–H groups in total. The van der Waals surface area contributed by atoms with Gasteiger partial charge in [0.2, 0.25) is 0 Å². The van der Waals surface area contributed by atoms with Crippen LogP contribution in [0.3, 0.4) is 0 Å². The number of ether oxygens (including phenoxy) is 3. The first-order valence-corrected chi connectivity index (χ1v) is 11.7. The van der Waals surface area contributed by atoms with Gasteiger partial charge in [0.05, 0.1) is 33.0 Å². The molecule has 2 atom stereocenters. The summed E-state index contributed by atoms with van der Waals surface area (Å²) >= 11 is 0. The monoisotopic (exact) mass is 560 g/mol. The van der Waals surface area contributed by atoms with Gasteiger partial charge in [0, 0.05) is 45.3 Å². The van der Waals surface area contributed by atoms with Gasteiger partial charge in [0.25, 0.3) is 0 Å². The van der Waals surface area contributed by atoms with Crippen LogP contribution in [0.25, 0.3) is 0 Å². The number of hydrogen-bond acceptors (Lipinski definition) is 5. The third kappa shape index (κ3) is 7.74. The molecule has 2 unspecified atom stereocenters. The van der Waals surface area contributed by atoms with Crippen molar-refractivity contribution >= 4 is 29.9 Å². The minimum Gasteiger partial charge on any atom is -0.496 e. The van der Waals surface area contributed by atoms with E-state index in [1.165, 1.54) is 24.8 Å². The fourth-order valence-corrected chi connectivity index (χ4v) is 4.68. The van der Waals surface area contributed by atoms with E-state index in [2.05, 4.69) is 38.3 Å². The van der Waals surface area contributed by atoms with E-state index in [0.717, 1.165) is 57.5 Å². The smallest absolute Gasteiger partial charge is 0.193 e. The summed E-state index contributed by atoms with van der Waals surface area (Å²) < 4.78 is 16.5. The van der Waals surface area contributed by atoms with Gasteiger partial charge in [0.1, 0.15) is 5.75 Å². The van der Waals surface area contributed by atoms with Crippen molar-refractivity contribution in [2.45, 2.75) is 31.7 Å².